The molecule has 1 aromatic rings. The maximum Gasteiger partial charge on any atom is 0.310 e. The van der Waals surface area contributed by atoms with Gasteiger partial charge in [0.15, 0.2) is 0 Å². The highest BCUT2D eigenvalue weighted by molar-refractivity contribution is 5.87. The third-order valence-electron chi connectivity index (χ3n) is 4.04. The van der Waals surface area contributed by atoms with Crippen LogP contribution in [-0.2, 0) is 14.3 Å². The van der Waals surface area contributed by atoms with Crippen molar-refractivity contribution < 1.29 is 14.3 Å². The van der Waals surface area contributed by atoms with Gasteiger partial charge in [-0.2, -0.15) is 0 Å². The highest BCUT2D eigenvalue weighted by atomic mass is 16.5. The minimum absolute atomic E-state index is 0.0160. The Morgan fingerprint density at radius 1 is 1.40 bits per heavy atom. The summed E-state index contributed by atoms with van der Waals surface area (Å²) in [5.74, 6) is -0.609. The third-order valence-corrected chi connectivity index (χ3v) is 4.04. The van der Waals surface area contributed by atoms with E-state index in [9.17, 15) is 9.59 Å². The molecule has 1 aliphatic rings. The van der Waals surface area contributed by atoms with E-state index in [1.165, 1.54) is 18.2 Å². The smallest absolute Gasteiger partial charge is 0.310 e. The van der Waals surface area contributed by atoms with E-state index in [0.29, 0.717) is 6.54 Å². The fourth-order valence-corrected chi connectivity index (χ4v) is 2.89. The number of methoxy groups -OCH3 is 1. The van der Waals surface area contributed by atoms with Crippen molar-refractivity contribution >= 4 is 11.9 Å². The van der Waals surface area contributed by atoms with Crippen molar-refractivity contribution in [2.24, 2.45) is 5.92 Å². The number of esters is 1. The van der Waals surface area contributed by atoms with Crippen molar-refractivity contribution in [3.8, 4) is 0 Å². The maximum atomic E-state index is 12.1. The molecule has 0 aliphatic carbocycles. The number of hydrogen-bond acceptors (Lipinski definition) is 3. The molecule has 1 saturated heterocycles. The molecule has 20 heavy (non-hydrogen) atoms. The van der Waals surface area contributed by atoms with Gasteiger partial charge in [0, 0.05) is 13.0 Å². The van der Waals surface area contributed by atoms with Gasteiger partial charge in [-0.25, -0.2) is 0 Å². The number of likely N-dealkylation sites (tertiary alicyclic amines) is 1. The summed E-state index contributed by atoms with van der Waals surface area (Å²) in [6.45, 7) is 6.56. The van der Waals surface area contributed by atoms with Crippen molar-refractivity contribution in [3.05, 3.63) is 34.9 Å². The van der Waals surface area contributed by atoms with Crippen LogP contribution in [0.4, 0.5) is 0 Å². The van der Waals surface area contributed by atoms with Gasteiger partial charge in [-0.1, -0.05) is 23.8 Å². The molecule has 4 heteroatoms. The molecule has 108 valence electrons. The third kappa shape index (κ3) is 2.69. The predicted octanol–water partition coefficient (Wildman–Crippen LogP) is 2.39. The van der Waals surface area contributed by atoms with Crippen LogP contribution in [0.3, 0.4) is 0 Å². The second-order valence-electron chi connectivity index (χ2n) is 5.51. The number of rotatable bonds is 3. The highest BCUT2D eigenvalue weighted by Gasteiger charge is 2.37. The molecule has 1 fully saturated rings. The van der Waals surface area contributed by atoms with Gasteiger partial charge in [-0.3, -0.25) is 9.59 Å². The Balaban J connectivity index is 2.19. The summed E-state index contributed by atoms with van der Waals surface area (Å²) in [7, 11) is 1.36. The summed E-state index contributed by atoms with van der Waals surface area (Å²) in [4.78, 5) is 25.5. The Morgan fingerprint density at radius 3 is 2.70 bits per heavy atom. The lowest BCUT2D eigenvalue weighted by atomic mass is 9.99. The standard InChI is InChI=1S/C16H21NO3/c1-10-5-6-14(11(2)7-10)12(3)17-9-13(8-15(17)18)16(19)20-4/h5-7,12-13H,8-9H2,1-4H3. The van der Waals surface area contributed by atoms with E-state index in [2.05, 4.69) is 32.0 Å². The second-order valence-corrected chi connectivity index (χ2v) is 5.51. The normalized spacial score (nSPS) is 20.1. The number of ether oxygens (including phenoxy) is 1. The van der Waals surface area contributed by atoms with Crippen molar-refractivity contribution in [2.75, 3.05) is 13.7 Å². The SMILES string of the molecule is COC(=O)C1CC(=O)N(C(C)c2ccc(C)cc2C)C1. The molecular formula is C16H21NO3. The number of carbonyl (C=O) groups is 2. The van der Waals surface area contributed by atoms with Gasteiger partial charge in [0.1, 0.15) is 0 Å². The zero-order valence-corrected chi connectivity index (χ0v) is 12.5. The number of benzene rings is 1. The van der Waals surface area contributed by atoms with Gasteiger partial charge in [0.25, 0.3) is 0 Å². The second kappa shape index (κ2) is 5.65. The molecule has 2 unspecified atom stereocenters. The molecule has 0 radical (unpaired) electrons. The lowest BCUT2D eigenvalue weighted by Crippen LogP contribution is -2.30. The first-order valence-corrected chi connectivity index (χ1v) is 6.88. The van der Waals surface area contributed by atoms with Crippen molar-refractivity contribution in [1.29, 1.82) is 0 Å². The molecular weight excluding hydrogens is 254 g/mol. The Morgan fingerprint density at radius 2 is 2.10 bits per heavy atom. The van der Waals surface area contributed by atoms with Crippen molar-refractivity contribution in [1.82, 2.24) is 4.90 Å². The molecule has 0 saturated carbocycles. The van der Waals surface area contributed by atoms with Crippen LogP contribution in [0.5, 0.6) is 0 Å². The van der Waals surface area contributed by atoms with E-state index < -0.39 is 0 Å². The van der Waals surface area contributed by atoms with Gasteiger partial charge in [0.05, 0.1) is 19.1 Å². The number of carbonyl (C=O) groups excluding carboxylic acids is 2. The van der Waals surface area contributed by atoms with Gasteiger partial charge >= 0.3 is 5.97 Å². The molecule has 2 atom stereocenters. The van der Waals surface area contributed by atoms with Crippen LogP contribution < -0.4 is 0 Å². The molecule has 2 rings (SSSR count). The van der Waals surface area contributed by atoms with Crippen LogP contribution in [0.2, 0.25) is 0 Å². The molecule has 1 heterocycles. The molecule has 1 aliphatic heterocycles. The Hall–Kier alpha value is -1.84. The first-order valence-electron chi connectivity index (χ1n) is 6.88. The van der Waals surface area contributed by atoms with Gasteiger partial charge in [-0.15, -0.1) is 0 Å². The lowest BCUT2D eigenvalue weighted by Gasteiger charge is -2.26. The fourth-order valence-electron chi connectivity index (χ4n) is 2.89. The first kappa shape index (κ1) is 14.6. The monoisotopic (exact) mass is 275 g/mol. The van der Waals surface area contributed by atoms with Crippen LogP contribution in [0.1, 0.15) is 36.1 Å². The van der Waals surface area contributed by atoms with Crippen LogP contribution in [0, 0.1) is 19.8 Å². The largest absolute Gasteiger partial charge is 0.469 e. The summed E-state index contributed by atoms with van der Waals surface area (Å²) < 4.78 is 4.74. The number of hydrogen-bond donors (Lipinski definition) is 0. The van der Waals surface area contributed by atoms with Crippen LogP contribution in [0.25, 0.3) is 0 Å². The van der Waals surface area contributed by atoms with E-state index in [4.69, 9.17) is 4.74 Å². The molecule has 0 bridgehead atoms. The van der Waals surface area contributed by atoms with E-state index in [1.807, 2.05) is 6.92 Å². The average molecular weight is 275 g/mol. The Bertz CT molecular complexity index is 539. The minimum Gasteiger partial charge on any atom is -0.469 e. The molecule has 1 amide bonds. The summed E-state index contributed by atoms with van der Waals surface area (Å²) in [6, 6.07) is 6.22. The molecule has 0 N–H and O–H groups in total. The van der Waals surface area contributed by atoms with Crippen LogP contribution in [-0.4, -0.2) is 30.4 Å². The van der Waals surface area contributed by atoms with E-state index in [1.54, 1.807) is 4.90 Å². The molecule has 1 aromatic carbocycles. The molecule has 0 spiro atoms. The zero-order valence-electron chi connectivity index (χ0n) is 12.5. The highest BCUT2D eigenvalue weighted by Crippen LogP contribution is 2.30. The Labute approximate surface area is 119 Å². The summed E-state index contributed by atoms with van der Waals surface area (Å²) in [5.41, 5.74) is 3.51. The molecule has 0 aromatic heterocycles. The van der Waals surface area contributed by atoms with Crippen LogP contribution in [0.15, 0.2) is 18.2 Å². The van der Waals surface area contributed by atoms with Gasteiger partial charge in [0.2, 0.25) is 5.91 Å². The zero-order chi connectivity index (χ0) is 14.9. The average Bonchev–Trinajstić information content (AvgIpc) is 2.79. The Kier molecular flexibility index (Phi) is 4.12. The predicted molar refractivity (Wildman–Crippen MR) is 76.2 cm³/mol. The summed E-state index contributed by atoms with van der Waals surface area (Å²) >= 11 is 0. The van der Waals surface area contributed by atoms with Gasteiger partial charge < -0.3 is 9.64 Å². The van der Waals surface area contributed by atoms with Crippen molar-refractivity contribution in [3.63, 3.8) is 0 Å². The van der Waals surface area contributed by atoms with E-state index in [0.717, 1.165) is 5.56 Å². The van der Waals surface area contributed by atoms with E-state index in [-0.39, 0.29) is 30.3 Å². The lowest BCUT2D eigenvalue weighted by molar-refractivity contribution is -0.145. The number of nitrogens with zero attached hydrogens (tertiary/aromatic N) is 1. The maximum absolute atomic E-state index is 12.1. The molecule has 4 nitrogen and oxygen atoms in total. The van der Waals surface area contributed by atoms with Crippen LogP contribution >= 0.6 is 0 Å². The number of aryl methyl sites for hydroxylation is 2. The first-order chi connectivity index (χ1) is 9.43. The minimum atomic E-state index is -0.333. The topological polar surface area (TPSA) is 46.6 Å². The summed E-state index contributed by atoms with van der Waals surface area (Å²) in [6.07, 6.45) is 0.252. The van der Waals surface area contributed by atoms with Gasteiger partial charge in [-0.05, 0) is 31.9 Å². The quantitative estimate of drug-likeness (QED) is 0.796. The summed E-state index contributed by atoms with van der Waals surface area (Å²) in [5, 5.41) is 0. The van der Waals surface area contributed by atoms with E-state index >= 15 is 0 Å². The fraction of sp³-hybridized carbons (Fsp3) is 0.500. The van der Waals surface area contributed by atoms with Crippen molar-refractivity contribution in [2.45, 2.75) is 33.2 Å². The number of amides is 1.